The molecule has 1 heterocycles. The van der Waals surface area contributed by atoms with Gasteiger partial charge in [-0.05, 0) is 25.1 Å². The molecule has 0 aliphatic heterocycles. The van der Waals surface area contributed by atoms with Crippen LogP contribution < -0.4 is 5.32 Å². The zero-order chi connectivity index (χ0) is 18.8. The second-order valence-electron chi connectivity index (χ2n) is 5.33. The SMILES string of the molecule is Cc1c(C(=O)Nc2nc(-c3ccc(Cl)c(Cl)c3)cs2)cccc1[N+](=O)[O-]. The molecular formula is C17H11Cl2N3O3S. The number of rotatable bonds is 4. The van der Waals surface area contributed by atoms with Gasteiger partial charge in [-0.25, -0.2) is 4.98 Å². The molecule has 1 aromatic heterocycles. The summed E-state index contributed by atoms with van der Waals surface area (Å²) in [5, 5.41) is 16.7. The fraction of sp³-hybridized carbons (Fsp3) is 0.0588. The van der Waals surface area contributed by atoms with Crippen LogP contribution in [0.15, 0.2) is 41.8 Å². The second kappa shape index (κ2) is 7.41. The lowest BCUT2D eigenvalue weighted by atomic mass is 10.1. The number of hydrogen-bond acceptors (Lipinski definition) is 5. The number of nitrogens with zero attached hydrogens (tertiary/aromatic N) is 2. The summed E-state index contributed by atoms with van der Waals surface area (Å²) in [6, 6.07) is 9.50. The first-order chi connectivity index (χ1) is 12.4. The number of carbonyl (C=O) groups excluding carboxylic acids is 1. The monoisotopic (exact) mass is 407 g/mol. The number of anilines is 1. The summed E-state index contributed by atoms with van der Waals surface area (Å²) in [7, 11) is 0. The van der Waals surface area contributed by atoms with Crippen molar-refractivity contribution in [1.82, 2.24) is 4.98 Å². The molecule has 0 bridgehead atoms. The highest BCUT2D eigenvalue weighted by Gasteiger charge is 2.19. The topological polar surface area (TPSA) is 85.1 Å². The van der Waals surface area contributed by atoms with Crippen molar-refractivity contribution in [3.05, 3.63) is 73.1 Å². The third kappa shape index (κ3) is 3.70. The van der Waals surface area contributed by atoms with E-state index in [-0.39, 0.29) is 11.3 Å². The summed E-state index contributed by atoms with van der Waals surface area (Å²) >= 11 is 13.2. The van der Waals surface area contributed by atoms with Crippen molar-refractivity contribution in [1.29, 1.82) is 0 Å². The Morgan fingerprint density at radius 3 is 2.69 bits per heavy atom. The standard InChI is InChI=1S/C17H11Cl2N3O3S/c1-9-11(3-2-4-15(9)22(24)25)16(23)21-17-20-14(8-26-17)10-5-6-12(18)13(19)7-10/h2-8H,1H3,(H,20,21,23). The number of nitrogens with one attached hydrogen (secondary N) is 1. The molecule has 0 fully saturated rings. The molecule has 26 heavy (non-hydrogen) atoms. The van der Waals surface area contributed by atoms with Crippen LogP contribution in [0.25, 0.3) is 11.3 Å². The van der Waals surface area contributed by atoms with Gasteiger partial charge in [0.15, 0.2) is 5.13 Å². The van der Waals surface area contributed by atoms with Gasteiger partial charge in [-0.1, -0.05) is 35.3 Å². The van der Waals surface area contributed by atoms with Gasteiger partial charge in [0, 0.05) is 28.1 Å². The van der Waals surface area contributed by atoms with E-state index in [4.69, 9.17) is 23.2 Å². The maximum atomic E-state index is 12.4. The third-order valence-corrected chi connectivity index (χ3v) is 5.18. The van der Waals surface area contributed by atoms with Gasteiger partial charge in [0.25, 0.3) is 11.6 Å². The zero-order valence-electron chi connectivity index (χ0n) is 13.3. The largest absolute Gasteiger partial charge is 0.298 e. The molecule has 3 aromatic rings. The Morgan fingerprint density at radius 2 is 2.00 bits per heavy atom. The molecule has 2 aromatic carbocycles. The van der Waals surface area contributed by atoms with E-state index in [0.29, 0.717) is 26.4 Å². The van der Waals surface area contributed by atoms with E-state index in [2.05, 4.69) is 10.3 Å². The van der Waals surface area contributed by atoms with Gasteiger partial charge >= 0.3 is 0 Å². The number of nitro groups is 1. The van der Waals surface area contributed by atoms with Crippen molar-refractivity contribution < 1.29 is 9.72 Å². The average Bonchev–Trinajstić information content (AvgIpc) is 3.05. The molecule has 9 heteroatoms. The molecule has 3 rings (SSSR count). The Kier molecular flexibility index (Phi) is 5.22. The van der Waals surface area contributed by atoms with Gasteiger partial charge in [0.05, 0.1) is 20.7 Å². The molecule has 0 radical (unpaired) electrons. The number of nitro benzene ring substituents is 1. The molecule has 6 nitrogen and oxygen atoms in total. The van der Waals surface area contributed by atoms with Crippen molar-refractivity contribution >= 4 is 51.3 Å². The molecule has 0 saturated carbocycles. The minimum absolute atomic E-state index is 0.103. The molecule has 0 unspecified atom stereocenters. The maximum Gasteiger partial charge on any atom is 0.273 e. The molecule has 0 spiro atoms. The number of amides is 1. The van der Waals surface area contributed by atoms with Crippen molar-refractivity contribution in [3.63, 3.8) is 0 Å². The minimum atomic E-state index is -0.516. The van der Waals surface area contributed by atoms with Crippen LogP contribution in [0.4, 0.5) is 10.8 Å². The van der Waals surface area contributed by atoms with Gasteiger partial charge in [0.2, 0.25) is 0 Å². The van der Waals surface area contributed by atoms with E-state index >= 15 is 0 Å². The maximum absolute atomic E-state index is 12.4. The van der Waals surface area contributed by atoms with Crippen LogP contribution in [-0.4, -0.2) is 15.8 Å². The normalized spacial score (nSPS) is 10.6. The quantitative estimate of drug-likeness (QED) is 0.451. The first-order valence-corrected chi connectivity index (χ1v) is 8.96. The average molecular weight is 408 g/mol. The van der Waals surface area contributed by atoms with Crippen LogP contribution in [0.3, 0.4) is 0 Å². The summed E-state index contributed by atoms with van der Waals surface area (Å²) in [5.74, 6) is -0.457. The van der Waals surface area contributed by atoms with E-state index in [0.717, 1.165) is 5.56 Å². The minimum Gasteiger partial charge on any atom is -0.298 e. The van der Waals surface area contributed by atoms with Gasteiger partial charge in [-0.15, -0.1) is 11.3 Å². The number of thiazole rings is 1. The Morgan fingerprint density at radius 1 is 1.23 bits per heavy atom. The van der Waals surface area contributed by atoms with Gasteiger partial charge < -0.3 is 0 Å². The number of benzene rings is 2. The van der Waals surface area contributed by atoms with Crippen molar-refractivity contribution in [2.75, 3.05) is 5.32 Å². The van der Waals surface area contributed by atoms with Crippen molar-refractivity contribution in [2.24, 2.45) is 0 Å². The zero-order valence-corrected chi connectivity index (χ0v) is 15.7. The van der Waals surface area contributed by atoms with Crippen molar-refractivity contribution in [3.8, 4) is 11.3 Å². The summed E-state index contributed by atoms with van der Waals surface area (Å²) in [6.07, 6.45) is 0. The highest BCUT2D eigenvalue weighted by atomic mass is 35.5. The molecule has 0 saturated heterocycles. The first-order valence-electron chi connectivity index (χ1n) is 7.33. The molecule has 132 valence electrons. The smallest absolute Gasteiger partial charge is 0.273 e. The van der Waals surface area contributed by atoms with Crippen LogP contribution >= 0.6 is 34.5 Å². The van der Waals surface area contributed by atoms with Crippen LogP contribution in [-0.2, 0) is 0 Å². The van der Waals surface area contributed by atoms with E-state index in [1.165, 1.54) is 36.5 Å². The Labute approximate surface area is 162 Å². The van der Waals surface area contributed by atoms with Crippen LogP contribution in [0, 0.1) is 17.0 Å². The van der Waals surface area contributed by atoms with E-state index in [9.17, 15) is 14.9 Å². The Balaban J connectivity index is 1.83. The summed E-state index contributed by atoms with van der Waals surface area (Å²) in [6.45, 7) is 1.54. The predicted octanol–water partition coefficient (Wildman–Crippen LogP) is 5.59. The number of hydrogen-bond donors (Lipinski definition) is 1. The number of halogens is 2. The molecule has 1 amide bonds. The lowest BCUT2D eigenvalue weighted by Gasteiger charge is -2.05. The molecule has 1 N–H and O–H groups in total. The summed E-state index contributed by atoms with van der Waals surface area (Å²) < 4.78 is 0. The van der Waals surface area contributed by atoms with Crippen LogP contribution in [0.1, 0.15) is 15.9 Å². The highest BCUT2D eigenvalue weighted by Crippen LogP contribution is 2.31. The number of carbonyl (C=O) groups is 1. The Bertz CT molecular complexity index is 1020. The summed E-state index contributed by atoms with van der Waals surface area (Å²) in [5.41, 5.74) is 1.83. The fourth-order valence-electron chi connectivity index (χ4n) is 2.35. The second-order valence-corrected chi connectivity index (χ2v) is 7.00. The summed E-state index contributed by atoms with van der Waals surface area (Å²) in [4.78, 5) is 27.3. The van der Waals surface area contributed by atoms with Gasteiger partial charge in [-0.3, -0.25) is 20.2 Å². The number of aromatic nitrogens is 1. The molecule has 0 aliphatic rings. The van der Waals surface area contributed by atoms with Gasteiger partial charge in [0.1, 0.15) is 0 Å². The predicted molar refractivity (Wildman–Crippen MR) is 103 cm³/mol. The van der Waals surface area contributed by atoms with Gasteiger partial charge in [-0.2, -0.15) is 0 Å². The lowest BCUT2D eigenvalue weighted by molar-refractivity contribution is -0.385. The molecule has 0 aliphatic carbocycles. The third-order valence-electron chi connectivity index (χ3n) is 3.69. The first kappa shape index (κ1) is 18.3. The van der Waals surface area contributed by atoms with Crippen LogP contribution in [0.5, 0.6) is 0 Å². The van der Waals surface area contributed by atoms with Crippen LogP contribution in [0.2, 0.25) is 10.0 Å². The lowest BCUT2D eigenvalue weighted by Crippen LogP contribution is -2.14. The van der Waals surface area contributed by atoms with E-state index in [1.807, 2.05) is 0 Å². The van der Waals surface area contributed by atoms with Crippen molar-refractivity contribution in [2.45, 2.75) is 6.92 Å². The van der Waals surface area contributed by atoms with E-state index in [1.54, 1.807) is 23.6 Å². The molecule has 0 atom stereocenters. The Hall–Kier alpha value is -2.48. The highest BCUT2D eigenvalue weighted by molar-refractivity contribution is 7.14. The fourth-order valence-corrected chi connectivity index (χ4v) is 3.36. The molecular weight excluding hydrogens is 397 g/mol. The van der Waals surface area contributed by atoms with E-state index < -0.39 is 10.8 Å².